The number of aromatic nitrogens is 1. The Bertz CT molecular complexity index is 3260. The second-order valence-electron chi connectivity index (χ2n) is 21.7. The van der Waals surface area contributed by atoms with E-state index in [1.807, 2.05) is 0 Å². The molecule has 2 nitrogen and oxygen atoms in total. The lowest BCUT2D eigenvalue weighted by Gasteiger charge is -2.46. The maximum Gasteiger partial charge on any atom is 0.333 e. The van der Waals surface area contributed by atoms with Crippen LogP contribution in [0.1, 0.15) is 133 Å². The van der Waals surface area contributed by atoms with Gasteiger partial charge in [-0.2, -0.15) is 0 Å². The van der Waals surface area contributed by atoms with E-state index >= 15 is 0 Å². The van der Waals surface area contributed by atoms with Crippen LogP contribution in [0.15, 0.2) is 109 Å². The summed E-state index contributed by atoms with van der Waals surface area (Å²) in [6.07, 6.45) is 9.38. The van der Waals surface area contributed by atoms with Crippen LogP contribution in [0.3, 0.4) is 0 Å². The number of hydrogen-bond acceptors (Lipinski definition) is 1. The molecule has 0 bridgehead atoms. The van der Waals surface area contributed by atoms with Gasteiger partial charge in [0.1, 0.15) is 0 Å². The lowest BCUT2D eigenvalue weighted by atomic mass is 9.43. The highest BCUT2D eigenvalue weighted by atomic mass is 15.1. The van der Waals surface area contributed by atoms with Gasteiger partial charge >= 0.3 is 6.85 Å². The zero-order valence-electron chi connectivity index (χ0n) is 39.0. The highest BCUT2D eigenvalue weighted by molar-refractivity contribution is 6.94. The molecule has 63 heavy (non-hydrogen) atoms. The van der Waals surface area contributed by atoms with Crippen LogP contribution in [0.5, 0.6) is 0 Å². The van der Waals surface area contributed by atoms with Crippen molar-refractivity contribution in [1.29, 1.82) is 0 Å². The molecule has 0 unspecified atom stereocenters. The lowest BCUT2D eigenvalue weighted by Crippen LogP contribution is -2.61. The molecule has 0 N–H and O–H groups in total. The van der Waals surface area contributed by atoms with Crippen LogP contribution in [0.4, 0.5) is 11.4 Å². The average Bonchev–Trinajstić information content (AvgIpc) is 3.72. The molecule has 314 valence electrons. The Hall–Kier alpha value is -5.54. The van der Waals surface area contributed by atoms with E-state index in [0.29, 0.717) is 0 Å². The van der Waals surface area contributed by atoms with Crippen LogP contribution < -0.4 is 15.7 Å². The number of unbranched alkanes of at least 4 members (excludes halogenated alkanes) is 2. The smallest absolute Gasteiger partial charge is 0.333 e. The first-order valence-electron chi connectivity index (χ1n) is 24.2. The fourth-order valence-electron chi connectivity index (χ4n) is 12.8. The molecule has 0 spiro atoms. The predicted octanol–water partition coefficient (Wildman–Crippen LogP) is 14.8. The maximum atomic E-state index is 2.86. The molecule has 8 aromatic rings. The van der Waals surface area contributed by atoms with Gasteiger partial charge in [0, 0.05) is 38.5 Å². The van der Waals surface area contributed by atoms with E-state index in [2.05, 4.69) is 181 Å². The van der Waals surface area contributed by atoms with Gasteiger partial charge in [-0.3, -0.25) is 0 Å². The molecule has 2 aliphatic carbocycles. The van der Waals surface area contributed by atoms with Crippen molar-refractivity contribution in [3.8, 4) is 27.9 Å². The molecule has 3 heteroatoms. The van der Waals surface area contributed by atoms with Gasteiger partial charge in [-0.25, -0.2) is 0 Å². The average molecular weight is 821 g/mol. The van der Waals surface area contributed by atoms with E-state index in [1.54, 1.807) is 0 Å². The van der Waals surface area contributed by atoms with Gasteiger partial charge in [0.05, 0.1) is 16.7 Å². The summed E-state index contributed by atoms with van der Waals surface area (Å²) in [5.74, 6) is 0. The molecule has 0 atom stereocenters. The van der Waals surface area contributed by atoms with E-state index < -0.39 is 0 Å². The molecule has 3 heterocycles. The van der Waals surface area contributed by atoms with Crippen LogP contribution in [0, 0.1) is 6.92 Å². The first-order chi connectivity index (χ1) is 30.3. The molecule has 12 rings (SSSR count). The second kappa shape index (κ2) is 13.5. The Labute approximate surface area is 375 Å². The van der Waals surface area contributed by atoms with Crippen molar-refractivity contribution >= 4 is 61.7 Å². The lowest BCUT2D eigenvalue weighted by molar-refractivity contribution is 0.332. The normalized spacial score (nSPS) is 16.9. The van der Waals surface area contributed by atoms with Gasteiger partial charge in [-0.05, 0) is 171 Å². The van der Waals surface area contributed by atoms with Crippen LogP contribution in [-0.2, 0) is 29.1 Å². The minimum absolute atomic E-state index is 0.0195. The molecular weight excluding hydrogens is 759 g/mol. The van der Waals surface area contributed by atoms with Crippen LogP contribution in [0.25, 0.3) is 60.5 Å². The van der Waals surface area contributed by atoms with Crippen molar-refractivity contribution in [1.82, 2.24) is 4.57 Å². The monoisotopic (exact) mass is 820 g/mol. The second-order valence-corrected chi connectivity index (χ2v) is 21.7. The number of aryl methyl sites for hydroxylation is 3. The van der Waals surface area contributed by atoms with Crippen LogP contribution in [-0.4, -0.2) is 11.4 Å². The van der Waals surface area contributed by atoms with Crippen LogP contribution in [0.2, 0.25) is 0 Å². The van der Waals surface area contributed by atoms with Crippen molar-refractivity contribution < 1.29 is 0 Å². The van der Waals surface area contributed by atoms with Crippen molar-refractivity contribution in [3.63, 3.8) is 0 Å². The summed E-state index contributed by atoms with van der Waals surface area (Å²) in [5.41, 5.74) is 25.4. The first-order valence-corrected chi connectivity index (χ1v) is 24.2. The Morgan fingerprint density at radius 1 is 0.556 bits per heavy atom. The summed E-state index contributed by atoms with van der Waals surface area (Å²) in [6.45, 7) is 21.8. The fraction of sp³-hybridized carbons (Fsp3) is 0.333. The van der Waals surface area contributed by atoms with Crippen molar-refractivity contribution in [3.05, 3.63) is 148 Å². The summed E-state index contributed by atoms with van der Waals surface area (Å²) in [5, 5.41) is 5.44. The molecule has 0 radical (unpaired) electrons. The summed E-state index contributed by atoms with van der Waals surface area (Å²) < 4.78 is 2.71. The van der Waals surface area contributed by atoms with Gasteiger partial charge in [0.25, 0.3) is 0 Å². The van der Waals surface area contributed by atoms with E-state index in [0.717, 1.165) is 12.8 Å². The third kappa shape index (κ3) is 5.38. The quantitative estimate of drug-likeness (QED) is 0.145. The number of nitrogens with zero attached hydrogens (tertiary/aromatic N) is 2. The number of hydrogen-bond donors (Lipinski definition) is 0. The van der Waals surface area contributed by atoms with Gasteiger partial charge in [0.2, 0.25) is 0 Å². The number of anilines is 2. The SMILES string of the molecule is CCCCc1ccc2c(c1)c1cc(CCCC)cc3c1n2-c1c2c(cc4ccccc14)-c1cc4c(cc1N(c1cc5c(cc1C)C(C)(C)CCC5(C)C)B23)C(C)(C)c1ccccc1-4. The van der Waals surface area contributed by atoms with E-state index in [9.17, 15) is 0 Å². The molecule has 1 aromatic heterocycles. The third-order valence-electron chi connectivity index (χ3n) is 16.4. The predicted molar refractivity (Wildman–Crippen MR) is 272 cm³/mol. The summed E-state index contributed by atoms with van der Waals surface area (Å²) >= 11 is 0. The summed E-state index contributed by atoms with van der Waals surface area (Å²) in [7, 11) is 0. The summed E-state index contributed by atoms with van der Waals surface area (Å²) in [4.78, 5) is 2.86. The Morgan fingerprint density at radius 2 is 1.24 bits per heavy atom. The minimum Gasteiger partial charge on any atom is -0.376 e. The zero-order chi connectivity index (χ0) is 43.3. The Morgan fingerprint density at radius 3 is 2.02 bits per heavy atom. The van der Waals surface area contributed by atoms with Gasteiger partial charge in [-0.1, -0.05) is 135 Å². The molecule has 7 aromatic carbocycles. The molecular formula is C60H61BN2. The molecule has 0 fully saturated rings. The fourth-order valence-corrected chi connectivity index (χ4v) is 12.8. The summed E-state index contributed by atoms with van der Waals surface area (Å²) in [6, 6.07) is 44.1. The topological polar surface area (TPSA) is 8.17 Å². The Balaban J connectivity index is 1.26. The number of benzene rings is 7. The van der Waals surface area contributed by atoms with Gasteiger partial charge in [-0.15, -0.1) is 0 Å². The molecule has 0 saturated heterocycles. The van der Waals surface area contributed by atoms with E-state index in [-0.39, 0.29) is 23.1 Å². The third-order valence-corrected chi connectivity index (χ3v) is 16.4. The number of fused-ring (bicyclic) bond motifs is 13. The highest BCUT2D eigenvalue weighted by Crippen LogP contribution is 2.56. The standard InChI is InChI=1S/C60H61BN2/c1-10-12-18-37-24-25-52-43(29-37)46-30-38(19-13-11-2)31-51-56(46)62(52)57-40-21-15-14-20-39(40)32-45-44-33-42-41-22-16-17-23-47(41)60(8,9)48(42)34-54(44)63(61(51)55(45)57)53-35-50-49(28-36(53)3)58(4,5)26-27-59(50,6)7/h14-17,20-25,28-35H,10-13,18-19,26-27H2,1-9H3. The van der Waals surface area contributed by atoms with E-state index in [1.165, 1.54) is 160 Å². The number of rotatable bonds is 7. The molecule has 4 aliphatic rings. The van der Waals surface area contributed by atoms with Crippen molar-refractivity contribution in [2.24, 2.45) is 0 Å². The van der Waals surface area contributed by atoms with Gasteiger partial charge < -0.3 is 9.38 Å². The van der Waals surface area contributed by atoms with E-state index in [4.69, 9.17) is 0 Å². The van der Waals surface area contributed by atoms with Crippen molar-refractivity contribution in [2.75, 3.05) is 4.81 Å². The molecule has 0 amide bonds. The zero-order valence-corrected chi connectivity index (χ0v) is 39.0. The molecule has 2 aliphatic heterocycles. The molecule has 0 saturated carbocycles. The van der Waals surface area contributed by atoms with Gasteiger partial charge in [0.15, 0.2) is 0 Å². The van der Waals surface area contributed by atoms with Crippen LogP contribution >= 0.6 is 0 Å². The van der Waals surface area contributed by atoms with Crippen molar-refractivity contribution in [2.45, 2.75) is 130 Å². The maximum absolute atomic E-state index is 2.86. The Kier molecular flexibility index (Phi) is 8.37. The minimum atomic E-state index is -0.125. The largest absolute Gasteiger partial charge is 0.376 e. The first kappa shape index (κ1) is 39.1. The highest BCUT2D eigenvalue weighted by Gasteiger charge is 2.48.